The monoisotopic (exact) mass is 419 g/mol. The van der Waals surface area contributed by atoms with E-state index in [2.05, 4.69) is 41.5 Å². The van der Waals surface area contributed by atoms with Crippen LogP contribution >= 0.6 is 0 Å². The van der Waals surface area contributed by atoms with E-state index in [1.165, 1.54) is 18.4 Å². The molecule has 0 radical (unpaired) electrons. The Morgan fingerprint density at radius 3 is 2.50 bits per heavy atom. The van der Waals surface area contributed by atoms with E-state index in [9.17, 15) is 9.90 Å². The van der Waals surface area contributed by atoms with Gasteiger partial charge in [0.1, 0.15) is 0 Å². The quantitative estimate of drug-likeness (QED) is 0.526. The molecule has 2 atom stereocenters. The molecular weight excluding hydrogens is 378 g/mol. The summed E-state index contributed by atoms with van der Waals surface area (Å²) in [6.07, 6.45) is 4.18. The molecule has 1 aliphatic heterocycles. The van der Waals surface area contributed by atoms with Crippen LogP contribution in [0.3, 0.4) is 0 Å². The van der Waals surface area contributed by atoms with E-state index in [1.807, 2.05) is 26.0 Å². The molecule has 0 spiro atoms. The highest BCUT2D eigenvalue weighted by Gasteiger charge is 2.21. The molecule has 0 bridgehead atoms. The molecule has 1 aromatic carbocycles. The smallest absolute Gasteiger partial charge is 0.319 e. The van der Waals surface area contributed by atoms with Crippen molar-refractivity contribution in [2.24, 2.45) is 5.41 Å². The van der Waals surface area contributed by atoms with Crippen molar-refractivity contribution in [2.75, 3.05) is 25.0 Å². The number of nitrogens with zero attached hydrogens (tertiary/aromatic N) is 1. The summed E-state index contributed by atoms with van der Waals surface area (Å²) in [4.78, 5) is 14.7. The average molecular weight is 420 g/mol. The summed E-state index contributed by atoms with van der Waals surface area (Å²) in [6, 6.07) is 8.27. The second kappa shape index (κ2) is 11.7. The molecule has 1 aromatic rings. The zero-order valence-corrected chi connectivity index (χ0v) is 19.4. The summed E-state index contributed by atoms with van der Waals surface area (Å²) in [7, 11) is 0. The summed E-state index contributed by atoms with van der Waals surface area (Å²) in [5, 5.41) is 15.4. The van der Waals surface area contributed by atoms with Crippen LogP contribution in [0.2, 0.25) is 0 Å². The zero-order chi connectivity index (χ0) is 22.1. The predicted molar refractivity (Wildman–Crippen MR) is 123 cm³/mol. The Bertz CT molecular complexity index is 638. The molecule has 0 saturated carbocycles. The van der Waals surface area contributed by atoms with Gasteiger partial charge in [0.25, 0.3) is 0 Å². The van der Waals surface area contributed by atoms with Gasteiger partial charge in [0.2, 0.25) is 0 Å². The molecule has 1 heterocycles. The number of aliphatic hydroxyl groups excluding tert-OH is 1. The van der Waals surface area contributed by atoms with Gasteiger partial charge in [-0.25, -0.2) is 4.79 Å². The first-order valence-corrected chi connectivity index (χ1v) is 11.3. The first-order chi connectivity index (χ1) is 14.1. The molecule has 1 fully saturated rings. The minimum Gasteiger partial charge on any atom is -0.393 e. The maximum atomic E-state index is 12.2. The number of carbonyl (C=O) groups excluding carboxylic acids is 1. The highest BCUT2D eigenvalue weighted by atomic mass is 16.5. The van der Waals surface area contributed by atoms with Gasteiger partial charge in [0, 0.05) is 38.0 Å². The molecule has 30 heavy (non-hydrogen) atoms. The molecule has 1 aliphatic rings. The number of urea groups is 1. The van der Waals surface area contributed by atoms with E-state index in [0.717, 1.165) is 31.8 Å². The summed E-state index contributed by atoms with van der Waals surface area (Å²) in [5.74, 6) is 0. The van der Waals surface area contributed by atoms with Crippen molar-refractivity contribution in [1.29, 1.82) is 0 Å². The van der Waals surface area contributed by atoms with Crippen LogP contribution in [-0.2, 0) is 11.3 Å². The lowest BCUT2D eigenvalue weighted by Crippen LogP contribution is -2.39. The molecule has 1 saturated heterocycles. The maximum Gasteiger partial charge on any atom is 0.319 e. The number of rotatable bonds is 10. The second-order valence-corrected chi connectivity index (χ2v) is 9.73. The molecule has 0 aromatic heterocycles. The van der Waals surface area contributed by atoms with Crippen molar-refractivity contribution in [3.63, 3.8) is 0 Å². The topological polar surface area (TPSA) is 73.8 Å². The Balaban J connectivity index is 1.83. The van der Waals surface area contributed by atoms with Crippen LogP contribution in [0.4, 0.5) is 10.5 Å². The van der Waals surface area contributed by atoms with Crippen LogP contribution < -0.4 is 10.6 Å². The Morgan fingerprint density at radius 2 is 1.93 bits per heavy atom. The molecule has 3 N–H and O–H groups in total. The lowest BCUT2D eigenvalue weighted by molar-refractivity contribution is -0.0129. The number of nitrogens with one attached hydrogen (secondary N) is 2. The largest absolute Gasteiger partial charge is 0.393 e. The van der Waals surface area contributed by atoms with Crippen LogP contribution in [-0.4, -0.2) is 54.0 Å². The number of hydrogen-bond acceptors (Lipinski definition) is 4. The summed E-state index contributed by atoms with van der Waals surface area (Å²) in [5.41, 5.74) is 1.84. The number of amides is 2. The van der Waals surface area contributed by atoms with Gasteiger partial charge in [0.15, 0.2) is 0 Å². The first-order valence-electron chi connectivity index (χ1n) is 11.3. The van der Waals surface area contributed by atoms with Crippen molar-refractivity contribution < 1.29 is 14.6 Å². The Morgan fingerprint density at radius 1 is 1.23 bits per heavy atom. The van der Waals surface area contributed by atoms with E-state index in [-0.39, 0.29) is 17.6 Å². The third-order valence-corrected chi connectivity index (χ3v) is 5.62. The SMILES string of the molecule is CC(C)N(Cc1ccc(NC(=O)NCC(C)(C)C[C@H](C)O)cc1)C[C@H]1CCCCO1. The lowest BCUT2D eigenvalue weighted by atomic mass is 9.87. The zero-order valence-electron chi connectivity index (χ0n) is 19.4. The van der Waals surface area contributed by atoms with Gasteiger partial charge in [-0.3, -0.25) is 4.90 Å². The molecule has 0 aliphatic carbocycles. The normalized spacial score (nSPS) is 18.5. The van der Waals surface area contributed by atoms with Crippen molar-refractivity contribution in [1.82, 2.24) is 10.2 Å². The van der Waals surface area contributed by atoms with E-state index in [4.69, 9.17) is 4.74 Å². The first kappa shape index (κ1) is 24.6. The summed E-state index contributed by atoms with van der Waals surface area (Å²) >= 11 is 0. The van der Waals surface area contributed by atoms with Gasteiger partial charge in [0.05, 0.1) is 12.2 Å². The number of anilines is 1. The Labute approximate surface area is 182 Å². The van der Waals surface area contributed by atoms with E-state index in [0.29, 0.717) is 25.1 Å². The standard InChI is InChI=1S/C24H41N3O3/c1-18(2)27(16-22-8-6-7-13-30-22)15-20-9-11-21(12-10-20)26-23(29)25-17-24(4,5)14-19(3)28/h9-12,18-19,22,28H,6-8,13-17H2,1-5H3,(H2,25,26,29)/t19-,22+/m0/s1. The number of benzene rings is 1. The van der Waals surface area contributed by atoms with Gasteiger partial charge < -0.3 is 20.5 Å². The van der Waals surface area contributed by atoms with Gasteiger partial charge in [-0.05, 0) is 69.6 Å². The minimum absolute atomic E-state index is 0.155. The second-order valence-electron chi connectivity index (χ2n) is 9.73. The predicted octanol–water partition coefficient (Wildman–Crippen LogP) is 4.38. The Hall–Kier alpha value is -1.63. The summed E-state index contributed by atoms with van der Waals surface area (Å²) < 4.78 is 5.92. The minimum atomic E-state index is -0.382. The lowest BCUT2D eigenvalue weighted by Gasteiger charge is -2.32. The van der Waals surface area contributed by atoms with E-state index in [1.54, 1.807) is 6.92 Å². The van der Waals surface area contributed by atoms with Gasteiger partial charge in [-0.15, -0.1) is 0 Å². The Kier molecular flexibility index (Phi) is 9.59. The number of hydrogen-bond donors (Lipinski definition) is 3. The van der Waals surface area contributed by atoms with Crippen molar-refractivity contribution in [3.8, 4) is 0 Å². The fourth-order valence-corrected chi connectivity index (χ4v) is 3.97. The van der Waals surface area contributed by atoms with Crippen LogP contribution in [0, 0.1) is 5.41 Å². The summed E-state index contributed by atoms with van der Waals surface area (Å²) in [6.45, 7) is 13.5. The highest BCUT2D eigenvalue weighted by molar-refractivity contribution is 5.89. The van der Waals surface area contributed by atoms with Crippen molar-refractivity contribution in [2.45, 2.75) is 85.1 Å². The van der Waals surface area contributed by atoms with Gasteiger partial charge in [-0.2, -0.15) is 0 Å². The van der Waals surface area contributed by atoms with Crippen LogP contribution in [0.1, 0.15) is 65.9 Å². The fraction of sp³-hybridized carbons (Fsp3) is 0.708. The maximum absolute atomic E-state index is 12.2. The molecule has 170 valence electrons. The van der Waals surface area contributed by atoms with E-state index < -0.39 is 0 Å². The van der Waals surface area contributed by atoms with Crippen molar-refractivity contribution >= 4 is 11.7 Å². The number of ether oxygens (including phenoxy) is 1. The third kappa shape index (κ3) is 9.02. The molecular formula is C24H41N3O3. The van der Waals surface area contributed by atoms with Crippen LogP contribution in [0.25, 0.3) is 0 Å². The molecule has 6 nitrogen and oxygen atoms in total. The number of carbonyl (C=O) groups is 1. The van der Waals surface area contributed by atoms with Crippen molar-refractivity contribution in [3.05, 3.63) is 29.8 Å². The molecule has 2 rings (SSSR count). The van der Waals surface area contributed by atoms with Crippen LogP contribution in [0.5, 0.6) is 0 Å². The number of aliphatic hydroxyl groups is 1. The van der Waals surface area contributed by atoms with Gasteiger partial charge in [-0.1, -0.05) is 26.0 Å². The molecule has 2 amide bonds. The highest BCUT2D eigenvalue weighted by Crippen LogP contribution is 2.21. The molecule has 0 unspecified atom stereocenters. The molecule has 6 heteroatoms. The van der Waals surface area contributed by atoms with Gasteiger partial charge >= 0.3 is 6.03 Å². The fourth-order valence-electron chi connectivity index (χ4n) is 3.97. The third-order valence-electron chi connectivity index (χ3n) is 5.62. The average Bonchev–Trinajstić information content (AvgIpc) is 2.67. The van der Waals surface area contributed by atoms with E-state index >= 15 is 0 Å². The van der Waals surface area contributed by atoms with Crippen LogP contribution in [0.15, 0.2) is 24.3 Å².